The summed E-state index contributed by atoms with van der Waals surface area (Å²) in [5.74, 6) is 0. The van der Waals surface area contributed by atoms with Crippen LogP contribution in [0.5, 0.6) is 0 Å². The third-order valence-electron chi connectivity index (χ3n) is 2.15. The van der Waals surface area contributed by atoms with Gasteiger partial charge in [-0.25, -0.2) is 0 Å². The minimum absolute atomic E-state index is 1.17. The molecule has 1 aromatic rings. The molecule has 1 heterocycles. The van der Waals surface area contributed by atoms with Crippen LogP contribution in [0, 0.1) is 6.92 Å². The third-order valence-corrected chi connectivity index (χ3v) is 3.18. The molecule has 0 fully saturated rings. The quantitative estimate of drug-likeness (QED) is 0.676. The third kappa shape index (κ3) is 4.44. The lowest BCUT2D eigenvalue weighted by molar-refractivity contribution is -0.670. The first-order chi connectivity index (χ1) is 6.33. The number of quaternary nitrogens is 1. The predicted molar refractivity (Wildman–Crippen MR) is 59.1 cm³/mol. The molecule has 13 heavy (non-hydrogen) atoms. The van der Waals surface area contributed by atoms with Crippen LogP contribution < -0.4 is 5.32 Å². The smallest absolute Gasteiger partial charge is 0.111 e. The molecule has 0 atom stereocenters. The number of hydrogen-bond donors (Lipinski definition) is 1. The molecule has 0 aliphatic rings. The van der Waals surface area contributed by atoms with Crippen molar-refractivity contribution < 1.29 is 5.32 Å². The highest BCUT2D eigenvalue weighted by Gasteiger charge is 1.97. The molecular formula is C11H20NS+. The van der Waals surface area contributed by atoms with Gasteiger partial charge >= 0.3 is 0 Å². The van der Waals surface area contributed by atoms with Crippen molar-refractivity contribution in [3.05, 3.63) is 21.9 Å². The van der Waals surface area contributed by atoms with Crippen molar-refractivity contribution in [1.29, 1.82) is 0 Å². The maximum Gasteiger partial charge on any atom is 0.111 e. The van der Waals surface area contributed by atoms with Gasteiger partial charge in [0.25, 0.3) is 0 Å². The summed E-state index contributed by atoms with van der Waals surface area (Å²) in [5, 5.41) is 2.42. The molecule has 0 aliphatic carbocycles. The van der Waals surface area contributed by atoms with E-state index in [9.17, 15) is 0 Å². The molecule has 0 amide bonds. The number of unbranched alkanes of at least 4 members (excludes halogenated alkanes) is 2. The Balaban J connectivity index is 2.06. The molecule has 0 aliphatic heterocycles. The Morgan fingerprint density at radius 2 is 2.15 bits per heavy atom. The van der Waals surface area contributed by atoms with Crippen molar-refractivity contribution in [2.75, 3.05) is 6.54 Å². The summed E-state index contributed by atoms with van der Waals surface area (Å²) in [7, 11) is 0. The van der Waals surface area contributed by atoms with Crippen LogP contribution in [0.2, 0.25) is 0 Å². The highest BCUT2D eigenvalue weighted by atomic mass is 32.1. The highest BCUT2D eigenvalue weighted by molar-refractivity contribution is 7.11. The van der Waals surface area contributed by atoms with Crippen molar-refractivity contribution in [2.24, 2.45) is 0 Å². The predicted octanol–water partition coefficient (Wildman–Crippen LogP) is 2.31. The summed E-state index contributed by atoms with van der Waals surface area (Å²) in [6.07, 6.45) is 4.06. The summed E-state index contributed by atoms with van der Waals surface area (Å²) in [5.41, 5.74) is 0. The standard InChI is InChI=1S/C11H19NS/c1-3-4-5-8-12-9-11-7-6-10(2)13-11/h6-7,12H,3-5,8-9H2,1-2H3/p+1. The van der Waals surface area contributed by atoms with E-state index in [0.717, 1.165) is 0 Å². The van der Waals surface area contributed by atoms with Gasteiger partial charge in [0, 0.05) is 4.88 Å². The summed E-state index contributed by atoms with van der Waals surface area (Å²) in [6, 6.07) is 4.45. The number of nitrogens with two attached hydrogens (primary N) is 1. The molecule has 2 N–H and O–H groups in total. The van der Waals surface area contributed by atoms with Crippen LogP contribution in [0.3, 0.4) is 0 Å². The van der Waals surface area contributed by atoms with Gasteiger partial charge in [-0.05, 0) is 31.9 Å². The van der Waals surface area contributed by atoms with Gasteiger partial charge in [-0.1, -0.05) is 13.3 Å². The fraction of sp³-hybridized carbons (Fsp3) is 0.636. The zero-order valence-electron chi connectivity index (χ0n) is 8.68. The summed E-state index contributed by atoms with van der Waals surface area (Å²) >= 11 is 1.92. The Bertz CT molecular complexity index is 230. The summed E-state index contributed by atoms with van der Waals surface area (Å²) in [4.78, 5) is 2.94. The van der Waals surface area contributed by atoms with Gasteiger partial charge in [-0.2, -0.15) is 0 Å². The second-order valence-corrected chi connectivity index (χ2v) is 4.87. The lowest BCUT2D eigenvalue weighted by atomic mass is 10.2. The van der Waals surface area contributed by atoms with E-state index >= 15 is 0 Å². The van der Waals surface area contributed by atoms with E-state index in [0.29, 0.717) is 0 Å². The Morgan fingerprint density at radius 1 is 1.31 bits per heavy atom. The van der Waals surface area contributed by atoms with Gasteiger partial charge in [-0.3, -0.25) is 0 Å². The molecule has 2 heteroatoms. The SMILES string of the molecule is CCCCC[NH2+]Cc1ccc(C)s1. The molecular weight excluding hydrogens is 178 g/mol. The number of hydrogen-bond acceptors (Lipinski definition) is 1. The van der Waals surface area contributed by atoms with Gasteiger partial charge in [0.1, 0.15) is 6.54 Å². The minimum Gasteiger partial charge on any atom is -0.342 e. The lowest BCUT2D eigenvalue weighted by Gasteiger charge is -1.98. The normalized spacial score (nSPS) is 10.6. The topological polar surface area (TPSA) is 16.6 Å². The molecule has 0 saturated carbocycles. The molecule has 74 valence electrons. The number of rotatable bonds is 6. The van der Waals surface area contributed by atoms with Crippen molar-refractivity contribution in [3.8, 4) is 0 Å². The van der Waals surface area contributed by atoms with Gasteiger partial charge in [0.15, 0.2) is 0 Å². The van der Waals surface area contributed by atoms with Crippen LogP contribution >= 0.6 is 11.3 Å². The Morgan fingerprint density at radius 3 is 2.77 bits per heavy atom. The Hall–Kier alpha value is -0.340. The zero-order chi connectivity index (χ0) is 9.52. The average molecular weight is 198 g/mol. The van der Waals surface area contributed by atoms with Gasteiger partial charge in [-0.15, -0.1) is 11.3 Å². The summed E-state index contributed by atoms with van der Waals surface area (Å²) in [6.45, 7) is 6.88. The Kier molecular flexibility index (Phi) is 5.09. The molecule has 1 aromatic heterocycles. The first-order valence-electron chi connectivity index (χ1n) is 5.20. The Labute approximate surface area is 85.2 Å². The summed E-state index contributed by atoms with van der Waals surface area (Å²) < 4.78 is 0. The molecule has 1 nitrogen and oxygen atoms in total. The zero-order valence-corrected chi connectivity index (χ0v) is 9.49. The van der Waals surface area contributed by atoms with E-state index in [2.05, 4.69) is 31.3 Å². The van der Waals surface area contributed by atoms with E-state index in [1.165, 1.54) is 42.1 Å². The fourth-order valence-electron chi connectivity index (χ4n) is 1.38. The monoisotopic (exact) mass is 198 g/mol. The molecule has 0 saturated heterocycles. The second kappa shape index (κ2) is 6.17. The van der Waals surface area contributed by atoms with E-state index < -0.39 is 0 Å². The number of aryl methyl sites for hydroxylation is 1. The minimum atomic E-state index is 1.17. The van der Waals surface area contributed by atoms with Crippen molar-refractivity contribution in [1.82, 2.24) is 0 Å². The van der Waals surface area contributed by atoms with Crippen molar-refractivity contribution in [3.63, 3.8) is 0 Å². The second-order valence-electron chi connectivity index (χ2n) is 3.50. The van der Waals surface area contributed by atoms with Crippen LogP contribution in [0.15, 0.2) is 12.1 Å². The van der Waals surface area contributed by atoms with Gasteiger partial charge in [0.2, 0.25) is 0 Å². The fourth-order valence-corrected chi connectivity index (χ4v) is 2.26. The van der Waals surface area contributed by atoms with Crippen LogP contribution in [0.25, 0.3) is 0 Å². The molecule has 0 radical (unpaired) electrons. The molecule has 0 spiro atoms. The van der Waals surface area contributed by atoms with Crippen LogP contribution in [-0.4, -0.2) is 6.54 Å². The first-order valence-corrected chi connectivity index (χ1v) is 6.01. The molecule has 0 unspecified atom stereocenters. The van der Waals surface area contributed by atoms with E-state index in [1.807, 2.05) is 11.3 Å². The highest BCUT2D eigenvalue weighted by Crippen LogP contribution is 2.13. The van der Waals surface area contributed by atoms with Gasteiger partial charge < -0.3 is 5.32 Å². The first kappa shape index (κ1) is 10.7. The van der Waals surface area contributed by atoms with Crippen LogP contribution in [0.1, 0.15) is 35.9 Å². The number of thiophene rings is 1. The van der Waals surface area contributed by atoms with E-state index in [4.69, 9.17) is 0 Å². The molecule has 0 aromatic carbocycles. The van der Waals surface area contributed by atoms with Crippen LogP contribution in [-0.2, 0) is 6.54 Å². The van der Waals surface area contributed by atoms with Crippen LogP contribution in [0.4, 0.5) is 0 Å². The lowest BCUT2D eigenvalue weighted by Crippen LogP contribution is -2.82. The van der Waals surface area contributed by atoms with Crippen molar-refractivity contribution >= 4 is 11.3 Å². The molecule has 0 bridgehead atoms. The molecule has 1 rings (SSSR count). The van der Waals surface area contributed by atoms with E-state index in [-0.39, 0.29) is 0 Å². The van der Waals surface area contributed by atoms with E-state index in [1.54, 1.807) is 0 Å². The largest absolute Gasteiger partial charge is 0.342 e. The van der Waals surface area contributed by atoms with Gasteiger partial charge in [0.05, 0.1) is 11.4 Å². The van der Waals surface area contributed by atoms with Crippen molar-refractivity contribution in [2.45, 2.75) is 39.7 Å². The average Bonchev–Trinajstić information content (AvgIpc) is 2.51. The maximum absolute atomic E-state index is 2.42. The maximum atomic E-state index is 2.42.